The predicted octanol–water partition coefficient (Wildman–Crippen LogP) is 1.96. The van der Waals surface area contributed by atoms with Crippen LogP contribution in [-0.4, -0.2) is 13.2 Å². The van der Waals surface area contributed by atoms with Crippen LogP contribution in [-0.2, 0) is 4.74 Å². The molecular weight excluding hydrogens is 126 g/mol. The summed E-state index contributed by atoms with van der Waals surface area (Å²) in [5.74, 6) is 0. The second-order valence-corrected chi connectivity index (χ2v) is 3.52. The van der Waals surface area contributed by atoms with Gasteiger partial charge < -0.3 is 4.74 Å². The van der Waals surface area contributed by atoms with E-state index in [1.165, 1.54) is 0 Å². The summed E-state index contributed by atoms with van der Waals surface area (Å²) in [7, 11) is 0. The summed E-state index contributed by atoms with van der Waals surface area (Å²) in [4.78, 5) is 0. The number of nitrogens with zero attached hydrogens (tertiary/aromatic N) is 1. The Balaban J connectivity index is 3.14. The largest absolute Gasteiger partial charge is 0.380 e. The third kappa shape index (κ3) is 7.45. The van der Waals surface area contributed by atoms with Gasteiger partial charge in [0, 0.05) is 0 Å². The second-order valence-electron chi connectivity index (χ2n) is 3.52. The van der Waals surface area contributed by atoms with Crippen LogP contribution in [0.4, 0.5) is 0 Å². The Morgan fingerprint density at radius 2 is 2.00 bits per heavy atom. The molecule has 0 saturated carbocycles. The molecule has 0 bridgehead atoms. The van der Waals surface area contributed by atoms with Gasteiger partial charge in [-0.15, -0.1) is 0 Å². The molecule has 2 nitrogen and oxygen atoms in total. The van der Waals surface area contributed by atoms with Gasteiger partial charge in [0.15, 0.2) is 0 Å². The van der Waals surface area contributed by atoms with Crippen molar-refractivity contribution in [3.8, 4) is 6.07 Å². The minimum Gasteiger partial charge on any atom is -0.380 e. The van der Waals surface area contributed by atoms with Crippen molar-refractivity contribution in [1.82, 2.24) is 0 Å². The number of ether oxygens (including phenoxy) is 1. The lowest BCUT2D eigenvalue weighted by atomic mass is 9.99. The van der Waals surface area contributed by atoms with Gasteiger partial charge >= 0.3 is 0 Å². The Bertz CT molecular complexity index is 118. The molecule has 0 aromatic rings. The fraction of sp³-hybridized carbons (Fsp3) is 0.875. The average Bonchev–Trinajstić information content (AvgIpc) is 1.78. The molecule has 0 aromatic carbocycles. The molecule has 0 aliphatic rings. The van der Waals surface area contributed by atoms with E-state index in [9.17, 15) is 0 Å². The highest BCUT2D eigenvalue weighted by atomic mass is 16.5. The standard InChI is InChI=1S/C8H15NO/c1-8(2,3)7-10-6-4-5-9/h4,6-7H2,1-3H3. The molecule has 0 aromatic heterocycles. The van der Waals surface area contributed by atoms with E-state index in [4.69, 9.17) is 10.00 Å². The molecule has 0 amide bonds. The smallest absolute Gasteiger partial charge is 0.0645 e. The third-order valence-corrected chi connectivity index (χ3v) is 0.893. The molecule has 0 aliphatic heterocycles. The molecular formula is C8H15NO. The molecule has 0 aliphatic carbocycles. The van der Waals surface area contributed by atoms with Crippen LogP contribution < -0.4 is 0 Å². The van der Waals surface area contributed by atoms with Gasteiger partial charge in [0.2, 0.25) is 0 Å². The Morgan fingerprint density at radius 3 is 2.40 bits per heavy atom. The summed E-state index contributed by atoms with van der Waals surface area (Å²) in [5, 5.41) is 8.17. The Labute approximate surface area is 62.8 Å². The van der Waals surface area contributed by atoms with Gasteiger partial charge in [-0.05, 0) is 5.41 Å². The van der Waals surface area contributed by atoms with Gasteiger partial charge in [0.05, 0.1) is 25.7 Å². The Kier molecular flexibility index (Phi) is 4.06. The van der Waals surface area contributed by atoms with Crippen molar-refractivity contribution >= 4 is 0 Å². The molecule has 0 radical (unpaired) electrons. The number of rotatable bonds is 3. The first kappa shape index (κ1) is 9.45. The van der Waals surface area contributed by atoms with Gasteiger partial charge in [0.25, 0.3) is 0 Å². The van der Waals surface area contributed by atoms with Gasteiger partial charge in [-0.1, -0.05) is 20.8 Å². The molecule has 10 heavy (non-hydrogen) atoms. The molecule has 0 spiro atoms. The summed E-state index contributed by atoms with van der Waals surface area (Å²) in [6.45, 7) is 7.63. The number of hydrogen-bond acceptors (Lipinski definition) is 2. The summed E-state index contributed by atoms with van der Waals surface area (Å²) >= 11 is 0. The van der Waals surface area contributed by atoms with E-state index in [1.807, 2.05) is 6.07 Å². The summed E-state index contributed by atoms with van der Waals surface area (Å²) < 4.78 is 5.22. The topological polar surface area (TPSA) is 33.0 Å². The highest BCUT2D eigenvalue weighted by Gasteiger charge is 2.08. The maximum atomic E-state index is 8.17. The second kappa shape index (κ2) is 4.29. The third-order valence-electron chi connectivity index (χ3n) is 0.893. The fourth-order valence-corrected chi connectivity index (χ4v) is 0.496. The molecule has 58 valence electrons. The van der Waals surface area contributed by atoms with Crippen molar-refractivity contribution in [2.75, 3.05) is 13.2 Å². The lowest BCUT2D eigenvalue weighted by molar-refractivity contribution is 0.0750. The predicted molar refractivity (Wildman–Crippen MR) is 40.5 cm³/mol. The zero-order valence-electron chi connectivity index (χ0n) is 6.98. The Morgan fingerprint density at radius 1 is 1.40 bits per heavy atom. The minimum absolute atomic E-state index is 0.218. The molecule has 0 unspecified atom stereocenters. The van der Waals surface area contributed by atoms with Crippen LogP contribution in [0.5, 0.6) is 0 Å². The first-order chi connectivity index (χ1) is 4.56. The van der Waals surface area contributed by atoms with E-state index < -0.39 is 0 Å². The van der Waals surface area contributed by atoms with Crippen LogP contribution in [0.25, 0.3) is 0 Å². The summed E-state index contributed by atoms with van der Waals surface area (Å²) in [5.41, 5.74) is 0.218. The van der Waals surface area contributed by atoms with E-state index in [2.05, 4.69) is 20.8 Å². The molecule has 0 atom stereocenters. The van der Waals surface area contributed by atoms with E-state index in [0.29, 0.717) is 13.0 Å². The van der Waals surface area contributed by atoms with Crippen LogP contribution >= 0.6 is 0 Å². The first-order valence-electron chi connectivity index (χ1n) is 3.51. The van der Waals surface area contributed by atoms with Gasteiger partial charge in [-0.3, -0.25) is 0 Å². The molecule has 0 fully saturated rings. The maximum absolute atomic E-state index is 8.17. The van der Waals surface area contributed by atoms with Crippen molar-refractivity contribution in [3.05, 3.63) is 0 Å². The SMILES string of the molecule is CC(C)(C)COCCC#N. The van der Waals surface area contributed by atoms with Gasteiger partial charge in [-0.2, -0.15) is 5.26 Å². The Hall–Kier alpha value is -0.550. The molecule has 0 rings (SSSR count). The van der Waals surface area contributed by atoms with Crippen LogP contribution in [0.3, 0.4) is 0 Å². The van der Waals surface area contributed by atoms with Gasteiger partial charge in [-0.25, -0.2) is 0 Å². The van der Waals surface area contributed by atoms with Crippen LogP contribution in [0.2, 0.25) is 0 Å². The maximum Gasteiger partial charge on any atom is 0.0645 e. The quantitative estimate of drug-likeness (QED) is 0.563. The van der Waals surface area contributed by atoms with Gasteiger partial charge in [0.1, 0.15) is 0 Å². The number of hydrogen-bond donors (Lipinski definition) is 0. The zero-order chi connectivity index (χ0) is 8.04. The van der Waals surface area contributed by atoms with Crippen molar-refractivity contribution in [3.63, 3.8) is 0 Å². The van der Waals surface area contributed by atoms with E-state index in [1.54, 1.807) is 0 Å². The highest BCUT2D eigenvalue weighted by molar-refractivity contribution is 4.68. The minimum atomic E-state index is 0.218. The van der Waals surface area contributed by atoms with E-state index in [-0.39, 0.29) is 5.41 Å². The van der Waals surface area contributed by atoms with Crippen molar-refractivity contribution < 1.29 is 4.74 Å². The average molecular weight is 141 g/mol. The first-order valence-corrected chi connectivity index (χ1v) is 3.51. The fourth-order valence-electron chi connectivity index (χ4n) is 0.496. The summed E-state index contributed by atoms with van der Waals surface area (Å²) in [6.07, 6.45) is 0.496. The lowest BCUT2D eigenvalue weighted by Crippen LogP contribution is -2.14. The molecule has 2 heteroatoms. The highest BCUT2D eigenvalue weighted by Crippen LogP contribution is 2.12. The molecule has 0 heterocycles. The van der Waals surface area contributed by atoms with Crippen LogP contribution in [0.1, 0.15) is 27.2 Å². The number of nitriles is 1. The monoisotopic (exact) mass is 141 g/mol. The van der Waals surface area contributed by atoms with Crippen LogP contribution in [0, 0.1) is 16.7 Å². The van der Waals surface area contributed by atoms with Crippen molar-refractivity contribution in [1.29, 1.82) is 5.26 Å². The zero-order valence-corrected chi connectivity index (χ0v) is 6.98. The lowest BCUT2D eigenvalue weighted by Gasteiger charge is -2.17. The van der Waals surface area contributed by atoms with E-state index in [0.717, 1.165) is 6.61 Å². The van der Waals surface area contributed by atoms with E-state index >= 15 is 0 Å². The molecule has 0 N–H and O–H groups in total. The normalized spacial score (nSPS) is 11.0. The van der Waals surface area contributed by atoms with Crippen molar-refractivity contribution in [2.24, 2.45) is 5.41 Å². The van der Waals surface area contributed by atoms with Crippen molar-refractivity contribution in [2.45, 2.75) is 27.2 Å². The molecule has 0 saturated heterocycles. The summed E-state index contributed by atoms with van der Waals surface area (Å²) in [6, 6.07) is 2.03. The van der Waals surface area contributed by atoms with Crippen LogP contribution in [0.15, 0.2) is 0 Å².